The predicted molar refractivity (Wildman–Crippen MR) is 408 cm³/mol. The quantitative estimate of drug-likeness (QED) is 0.0584. The molecule has 0 fully saturated rings. The van der Waals surface area contributed by atoms with Gasteiger partial charge in [0.25, 0.3) is 0 Å². The van der Waals surface area contributed by atoms with Crippen molar-refractivity contribution in [1.82, 2.24) is 53.2 Å². The highest BCUT2D eigenvalue weighted by Gasteiger charge is 2.19. The van der Waals surface area contributed by atoms with Crippen LogP contribution in [0, 0.1) is 0 Å². The van der Waals surface area contributed by atoms with Gasteiger partial charge in [0.2, 0.25) is 11.9 Å². The summed E-state index contributed by atoms with van der Waals surface area (Å²) in [5.41, 5.74) is 21.5. The Morgan fingerprint density at radius 2 is 0.729 bits per heavy atom. The molecule has 18 N–H and O–H groups in total. The molecule has 5 aromatic rings. The summed E-state index contributed by atoms with van der Waals surface area (Å²) >= 11 is 59.1. The van der Waals surface area contributed by atoms with Gasteiger partial charge in [-0.15, -0.1) is 0 Å². The van der Waals surface area contributed by atoms with Crippen molar-refractivity contribution < 1.29 is 0 Å². The third-order valence-corrected chi connectivity index (χ3v) is 15.9. The maximum Gasteiger partial charge on any atom is 0.204 e. The second kappa shape index (κ2) is 39.2. The Balaban J connectivity index is 0.000000217. The summed E-state index contributed by atoms with van der Waals surface area (Å²) in [6, 6.07) is 27.6. The van der Waals surface area contributed by atoms with Gasteiger partial charge in [0.1, 0.15) is 30.8 Å². The maximum absolute atomic E-state index is 6.00. The van der Waals surface area contributed by atoms with E-state index < -0.39 is 0 Å². The molecule has 0 saturated heterocycles. The molecule has 0 radical (unpaired) electrons. The number of nitrogens with zero attached hydrogens (tertiary/aromatic N) is 10. The number of aliphatic imine (C=N–C) groups is 10. The Bertz CT molecular complexity index is 3780. The molecule has 0 spiro atoms. The molecule has 5 heterocycles. The molecule has 5 aromatic carbocycles. The predicted octanol–water partition coefficient (Wildman–Crippen LogP) is 11.9. The maximum atomic E-state index is 6.00. The van der Waals surface area contributed by atoms with Crippen molar-refractivity contribution in [2.24, 2.45) is 67.1 Å². The van der Waals surface area contributed by atoms with Gasteiger partial charge in [-0.1, -0.05) is 142 Å². The van der Waals surface area contributed by atoms with Crippen molar-refractivity contribution in [3.8, 4) is 0 Å². The van der Waals surface area contributed by atoms with Crippen LogP contribution in [-0.4, -0.2) is 109 Å². The molecule has 0 aliphatic carbocycles. The van der Waals surface area contributed by atoms with E-state index in [-0.39, 0.29) is 44.3 Å². The lowest BCUT2D eigenvalue weighted by molar-refractivity contribution is 0.633. The summed E-state index contributed by atoms with van der Waals surface area (Å²) in [6.07, 6.45) is 0.239. The summed E-state index contributed by atoms with van der Waals surface area (Å²) in [5.74, 6) is 5.56. The molecule has 5 unspecified atom stereocenters. The number of nitrogens with two attached hydrogens (primary N) is 3. The Labute approximate surface area is 610 Å². The van der Waals surface area contributed by atoms with Crippen molar-refractivity contribution in [1.29, 1.82) is 0 Å². The molecule has 25 nitrogen and oxygen atoms in total. The van der Waals surface area contributed by atoms with Gasteiger partial charge in [0.05, 0.1) is 63.3 Å². The molecule has 0 aromatic heterocycles. The molecular formula is C61H79Cl10N25. The number of benzene rings is 5. The van der Waals surface area contributed by atoms with Crippen LogP contribution in [0.5, 0.6) is 0 Å². The first-order chi connectivity index (χ1) is 45.0. The first kappa shape index (κ1) is 79.4. The van der Waals surface area contributed by atoms with Crippen molar-refractivity contribution in [3.05, 3.63) is 158 Å². The van der Waals surface area contributed by atoms with Crippen LogP contribution in [0.3, 0.4) is 0 Å². The van der Waals surface area contributed by atoms with Crippen LogP contribution in [0.1, 0.15) is 86.4 Å². The number of hydrogen-bond acceptors (Lipinski definition) is 19. The van der Waals surface area contributed by atoms with Crippen molar-refractivity contribution >= 4 is 187 Å². The van der Waals surface area contributed by atoms with E-state index in [0.29, 0.717) is 130 Å². The zero-order chi connectivity index (χ0) is 69.5. The van der Waals surface area contributed by atoms with E-state index in [0.717, 1.165) is 40.4 Å². The zero-order valence-electron chi connectivity index (χ0n) is 53.0. The summed E-state index contributed by atoms with van der Waals surface area (Å²) in [5, 5.41) is 42.0. The molecule has 10 rings (SSSR count). The number of hydrogen-bond donors (Lipinski definition) is 15. The largest absolute Gasteiger partial charge is 0.370 e. The van der Waals surface area contributed by atoms with E-state index in [1.54, 1.807) is 54.6 Å². The van der Waals surface area contributed by atoms with Gasteiger partial charge in [-0.3, -0.25) is 31.6 Å². The van der Waals surface area contributed by atoms with E-state index in [4.69, 9.17) is 133 Å². The smallest absolute Gasteiger partial charge is 0.204 e. The molecule has 518 valence electrons. The van der Waals surface area contributed by atoms with Crippen molar-refractivity contribution in [2.75, 3.05) is 17.2 Å². The normalized spacial score (nSPS) is 19.6. The molecule has 35 heteroatoms. The minimum Gasteiger partial charge on any atom is -0.370 e. The Kier molecular flexibility index (Phi) is 32.4. The highest BCUT2D eigenvalue weighted by atomic mass is 35.5. The zero-order valence-corrected chi connectivity index (χ0v) is 60.6. The van der Waals surface area contributed by atoms with E-state index >= 15 is 0 Å². The molecule has 5 aliphatic heterocycles. The summed E-state index contributed by atoms with van der Waals surface area (Å²) in [6.45, 7) is 19.3. The average molecular weight is 1520 g/mol. The number of anilines is 2. The van der Waals surface area contributed by atoms with E-state index in [9.17, 15) is 0 Å². The van der Waals surface area contributed by atoms with Gasteiger partial charge in [-0.2, -0.15) is 0 Å². The lowest BCUT2D eigenvalue weighted by Crippen LogP contribution is -2.55. The SMILES string of the molecule is C.CC(C)NC1=NC(C)NC(=NCc2ccc(Cl)c(Cl)c2)N1.CC1N=C(N)NC(=NCCc2ccc(Cl)c(Cl)c2)N1.CC1N=C(N)NC(=NCc2ccc(Cl)c(Cl)c2)N1.CC1N=C(N)NC(Nc2ccc(Cl)c(Cl)c2)=N1.CC1N=C(Nc2ccc(Cl)c(Cl)c2)NC(NC(C)C)=N1. The Morgan fingerprint density at radius 3 is 1.15 bits per heavy atom. The number of nitrogens with one attached hydrogen (secondary N) is 12. The molecule has 5 aliphatic rings. The van der Waals surface area contributed by atoms with Gasteiger partial charge in [-0.05, 0) is 158 Å². The van der Waals surface area contributed by atoms with Crippen LogP contribution in [-0.2, 0) is 19.5 Å². The molecule has 0 saturated carbocycles. The van der Waals surface area contributed by atoms with E-state index in [1.807, 2.05) is 84.9 Å². The van der Waals surface area contributed by atoms with Crippen molar-refractivity contribution in [3.63, 3.8) is 0 Å². The average Bonchev–Trinajstić information content (AvgIpc) is 1.02. The van der Waals surface area contributed by atoms with Crippen LogP contribution >= 0.6 is 116 Å². The van der Waals surface area contributed by atoms with Crippen molar-refractivity contribution in [2.45, 2.75) is 132 Å². The third kappa shape index (κ3) is 28.4. The molecule has 96 heavy (non-hydrogen) atoms. The fraction of sp³-hybridized carbons (Fsp3) is 0.344. The number of rotatable bonds is 11. The second-order valence-corrected chi connectivity index (χ2v) is 25.5. The highest BCUT2D eigenvalue weighted by molar-refractivity contribution is 6.44. The Morgan fingerprint density at radius 1 is 0.385 bits per heavy atom. The lowest BCUT2D eigenvalue weighted by atomic mass is 10.1. The molecule has 0 amide bonds. The van der Waals surface area contributed by atoms with Crippen LogP contribution in [0.15, 0.2) is 141 Å². The Hall–Kier alpha value is -7.30. The molecule has 5 atom stereocenters. The standard InChI is InChI=1S/C14H19Cl2N5.C13H17Cl2N5.C12H15Cl2N5.C11H13Cl2N5.C10H11Cl2N5.CH4/c1-8(2)18-14-20-9(3)19-13(21-14)17-7-10-4-5-11(15)12(16)6-10;1-7(2)16-12-17-8(3)18-13(20-12)19-9-4-5-10(14)11(15)6-9;1-7-17-11(15)19-12(18-7)16-5-4-8-2-3-9(13)10(14)6-8;1-6-16-10(14)18-11(17-6)15-5-7-2-3-8(12)9(13)4-7;1-5-14-9(13)17-10(15-5)16-6-2-3-7(11)8(12)4-6;/h4-6,8-9H,7H2,1-3H3,(H3,17,18,19,20,21);4-8H,1-3H3,(H3,16,17,18,19,20);2-3,6-7H,4-5H2,1H3,(H4,15,16,17,18,19);2-4,6H,5H2,1H3,(H4,14,15,16,17,18);2-5H,1H3,(H4,13,14,15,16,17);1H4. The number of guanidine groups is 10. The van der Waals surface area contributed by atoms with Gasteiger partial charge in [0.15, 0.2) is 47.7 Å². The number of halogens is 10. The van der Waals surface area contributed by atoms with Gasteiger partial charge < -0.3 is 54.4 Å². The van der Waals surface area contributed by atoms with Gasteiger partial charge in [-0.25, -0.2) is 44.9 Å². The first-order valence-corrected chi connectivity index (χ1v) is 33.2. The minimum atomic E-state index is -0.207. The lowest BCUT2D eigenvalue weighted by Gasteiger charge is -2.25. The van der Waals surface area contributed by atoms with Crippen LogP contribution in [0.4, 0.5) is 11.4 Å². The molecule has 0 bridgehead atoms. The highest BCUT2D eigenvalue weighted by Crippen LogP contribution is 2.28. The van der Waals surface area contributed by atoms with Crippen LogP contribution in [0.2, 0.25) is 50.2 Å². The summed E-state index contributed by atoms with van der Waals surface area (Å²) in [4.78, 5) is 42.8. The molecular weight excluding hydrogens is 1440 g/mol. The van der Waals surface area contributed by atoms with E-state index in [1.165, 1.54) is 0 Å². The summed E-state index contributed by atoms with van der Waals surface area (Å²) < 4.78 is 0. The monoisotopic (exact) mass is 1510 g/mol. The second-order valence-electron chi connectivity index (χ2n) is 21.5. The minimum absolute atomic E-state index is 0. The topological polar surface area (TPSA) is 346 Å². The summed E-state index contributed by atoms with van der Waals surface area (Å²) in [7, 11) is 0. The van der Waals surface area contributed by atoms with Gasteiger partial charge in [0, 0.05) is 30.0 Å². The van der Waals surface area contributed by atoms with Crippen LogP contribution < -0.4 is 81.0 Å². The fourth-order valence-corrected chi connectivity index (χ4v) is 9.71. The first-order valence-electron chi connectivity index (χ1n) is 29.4. The van der Waals surface area contributed by atoms with Gasteiger partial charge >= 0.3 is 0 Å². The van der Waals surface area contributed by atoms with E-state index in [2.05, 4.69) is 128 Å². The fourth-order valence-electron chi connectivity index (χ4n) is 8.15. The van der Waals surface area contributed by atoms with Crippen LogP contribution in [0.25, 0.3) is 0 Å². The third-order valence-electron chi connectivity index (χ3n) is 12.2.